The quantitative estimate of drug-likeness (QED) is 0.648. The van der Waals surface area contributed by atoms with E-state index in [0.29, 0.717) is 11.0 Å². The van der Waals surface area contributed by atoms with Crippen molar-refractivity contribution >= 4 is 27.5 Å². The van der Waals surface area contributed by atoms with Crippen LogP contribution in [-0.2, 0) is 19.1 Å². The predicted molar refractivity (Wildman–Crippen MR) is 104 cm³/mol. The normalized spacial score (nSPS) is 23.0. The largest absolute Gasteiger partial charge is 0.463 e. The minimum atomic E-state index is -3.74. The molecule has 10 heteroatoms. The molecule has 1 N–H and O–H groups in total. The van der Waals surface area contributed by atoms with Gasteiger partial charge in [0.05, 0.1) is 22.8 Å². The number of halogens is 2. The van der Waals surface area contributed by atoms with E-state index in [-0.39, 0.29) is 16.7 Å². The molecule has 154 valence electrons. The highest BCUT2D eigenvalue weighted by Gasteiger charge is 2.38. The number of H-pyrrole nitrogens is 1. The van der Waals surface area contributed by atoms with Crippen molar-refractivity contribution in [2.24, 2.45) is 4.99 Å². The molecule has 0 saturated heterocycles. The highest BCUT2D eigenvalue weighted by Crippen LogP contribution is 2.31. The molecule has 0 aliphatic carbocycles. The van der Waals surface area contributed by atoms with Gasteiger partial charge >= 0.3 is 0 Å². The Labute approximate surface area is 162 Å². The maximum Gasteiger partial charge on any atom is 0.228 e. The fourth-order valence-electron chi connectivity index (χ4n) is 3.16. The van der Waals surface area contributed by atoms with Gasteiger partial charge in [-0.25, -0.2) is 22.2 Å². The van der Waals surface area contributed by atoms with E-state index in [2.05, 4.69) is 15.0 Å². The number of aromatic nitrogens is 2. The van der Waals surface area contributed by atoms with Gasteiger partial charge in [0.2, 0.25) is 18.9 Å². The number of fused-ring (bicyclic) bond motifs is 1. The van der Waals surface area contributed by atoms with Crippen molar-refractivity contribution in [2.45, 2.75) is 30.6 Å². The van der Waals surface area contributed by atoms with Crippen LogP contribution < -0.4 is 4.74 Å². The number of hydrogen-bond acceptors (Lipinski definition) is 6. The molecular formula is C18H23F2N3O4S. The van der Waals surface area contributed by atoms with Gasteiger partial charge in [-0.15, -0.1) is 10.2 Å². The Hall–Kier alpha value is -2.17. The van der Waals surface area contributed by atoms with Crippen LogP contribution in [0.15, 0.2) is 40.0 Å². The van der Waals surface area contributed by atoms with Gasteiger partial charge < -0.3 is 14.5 Å². The van der Waals surface area contributed by atoms with Gasteiger partial charge in [-0.3, -0.25) is 4.99 Å². The van der Waals surface area contributed by atoms with Crippen molar-refractivity contribution in [2.75, 3.05) is 26.6 Å². The lowest BCUT2D eigenvalue weighted by molar-refractivity contribution is 0.0305. The van der Waals surface area contributed by atoms with Gasteiger partial charge in [0.25, 0.3) is 0 Å². The fourth-order valence-corrected chi connectivity index (χ4v) is 5.18. The summed E-state index contributed by atoms with van der Waals surface area (Å²) in [6, 6.07) is 4.10. The Morgan fingerprint density at radius 2 is 2.11 bits per heavy atom. The third-order valence-corrected chi connectivity index (χ3v) is 6.93. The lowest BCUT2D eigenvalue weighted by atomic mass is 9.93. The molecule has 3 rings (SSSR count). The lowest BCUT2D eigenvalue weighted by Gasteiger charge is -2.38. The third kappa shape index (κ3) is 3.98. The van der Waals surface area contributed by atoms with Gasteiger partial charge in [0, 0.05) is 19.4 Å². The Morgan fingerprint density at radius 3 is 2.79 bits per heavy atom. The number of thiol groups is 1. The summed E-state index contributed by atoms with van der Waals surface area (Å²) in [5.41, 5.74) is 1.04. The summed E-state index contributed by atoms with van der Waals surface area (Å²) >= 11 is 0. The van der Waals surface area contributed by atoms with Crippen LogP contribution in [0, 0.1) is 0 Å². The number of alkyl halides is 2. The molecule has 2 atom stereocenters. The molecule has 7 nitrogen and oxygen atoms in total. The highest BCUT2D eigenvalue weighted by molar-refractivity contribution is 7.98. The van der Waals surface area contributed by atoms with E-state index in [1.165, 1.54) is 13.2 Å². The van der Waals surface area contributed by atoms with E-state index in [4.69, 9.17) is 13.7 Å². The number of rotatable bonds is 8. The number of aromatic amines is 1. The fraction of sp³-hybridized carbons (Fsp3) is 0.444. The minimum absolute atomic E-state index is 0.0116. The zero-order chi connectivity index (χ0) is 20.4. The number of aliphatic imine (C=N–C) groups is 1. The molecule has 28 heavy (non-hydrogen) atoms. The Balaban J connectivity index is 1.97. The second kappa shape index (κ2) is 8.06. The Bertz CT molecular complexity index is 961. The summed E-state index contributed by atoms with van der Waals surface area (Å²) in [5.74, 6) is 0.175. The number of ether oxygens (including phenoxy) is 2. The minimum Gasteiger partial charge on any atom is -0.463 e. The second-order valence-electron chi connectivity index (χ2n) is 6.66. The van der Waals surface area contributed by atoms with Crippen LogP contribution >= 0.6 is 0 Å². The van der Waals surface area contributed by atoms with Crippen LogP contribution in [0.3, 0.4) is 0 Å². The molecule has 0 saturated carbocycles. The number of methoxy groups -OCH3 is 1. The lowest BCUT2D eigenvalue weighted by Crippen LogP contribution is -2.46. The van der Waals surface area contributed by atoms with Crippen LogP contribution in [0.4, 0.5) is 8.78 Å². The molecule has 0 fully saturated rings. The molecule has 0 radical (unpaired) electrons. The first-order valence-corrected chi connectivity index (χ1v) is 10.4. The second-order valence-corrected chi connectivity index (χ2v) is 9.05. The molecule has 1 aromatic carbocycles. The summed E-state index contributed by atoms with van der Waals surface area (Å²) in [4.78, 5) is 11.6. The predicted octanol–water partition coefficient (Wildman–Crippen LogP) is 2.91. The molecule has 0 spiro atoms. The summed E-state index contributed by atoms with van der Waals surface area (Å²) in [6.07, 6.45) is 3.54. The molecule has 0 amide bonds. The molecule has 1 aromatic heterocycles. The first-order valence-electron chi connectivity index (χ1n) is 8.60. The number of dihydropyridines is 1. The summed E-state index contributed by atoms with van der Waals surface area (Å²) < 4.78 is 54.5. The molecule has 2 aromatic rings. The van der Waals surface area contributed by atoms with Crippen molar-refractivity contribution in [3.05, 3.63) is 29.8 Å². The summed E-state index contributed by atoms with van der Waals surface area (Å²) in [6.45, 7) is 1.48. The average molecular weight is 415 g/mol. The zero-order valence-corrected chi connectivity index (χ0v) is 16.7. The van der Waals surface area contributed by atoms with Crippen LogP contribution in [0.2, 0.25) is 0 Å². The van der Waals surface area contributed by atoms with E-state index in [9.17, 15) is 13.0 Å². The summed E-state index contributed by atoms with van der Waals surface area (Å²) in [7, 11) is -2.20. The number of nitrogens with zero attached hydrogens (tertiary/aromatic N) is 2. The van der Waals surface area contributed by atoms with E-state index >= 15 is 0 Å². The van der Waals surface area contributed by atoms with Gasteiger partial charge in [0.15, 0.2) is 0 Å². The SMILES string of the molecule is COC1(C)C=C(C)C=NC1C[SH](=O)(OCF)c1nc2cc(OCF)ccc2[nH]1. The number of hydrogen-bond donors (Lipinski definition) is 2. The number of nitrogens with one attached hydrogen (secondary N) is 1. The average Bonchev–Trinajstić information content (AvgIpc) is 3.09. The van der Waals surface area contributed by atoms with Crippen LogP contribution in [-0.4, -0.2) is 58.6 Å². The number of allylic oxidation sites excluding steroid dienone is 1. The van der Waals surface area contributed by atoms with Gasteiger partial charge in [0.1, 0.15) is 11.4 Å². The maximum absolute atomic E-state index is 13.6. The molecule has 0 bridgehead atoms. The summed E-state index contributed by atoms with van der Waals surface area (Å²) in [5, 5.41) is 0.0116. The van der Waals surface area contributed by atoms with Gasteiger partial charge in [-0.2, -0.15) is 0 Å². The van der Waals surface area contributed by atoms with Crippen LogP contribution in [0.1, 0.15) is 13.8 Å². The Morgan fingerprint density at radius 1 is 1.32 bits per heavy atom. The zero-order valence-electron chi connectivity index (χ0n) is 15.8. The van der Waals surface area contributed by atoms with Crippen molar-refractivity contribution in [1.29, 1.82) is 0 Å². The molecule has 1 aliphatic heterocycles. The first kappa shape index (κ1) is 20.6. The first-order chi connectivity index (χ1) is 13.3. The van der Waals surface area contributed by atoms with E-state index in [1.807, 2.05) is 19.9 Å². The van der Waals surface area contributed by atoms with E-state index < -0.39 is 35.6 Å². The monoisotopic (exact) mass is 415 g/mol. The standard InChI is InChI=1S/C18H23F2N3O4S/c1-12-7-18(2,25-3)16(21-8-12)9-28(24,27-11-20)17-22-14-5-4-13(26-10-19)6-15(14)23-17/h4-8,16,28H,9-11H2,1-3H3,(H,22,23). The molecule has 2 unspecified atom stereocenters. The van der Waals surface area contributed by atoms with Crippen molar-refractivity contribution in [1.82, 2.24) is 9.97 Å². The van der Waals surface area contributed by atoms with Crippen molar-refractivity contribution in [3.63, 3.8) is 0 Å². The third-order valence-electron chi connectivity index (χ3n) is 4.73. The van der Waals surface area contributed by atoms with Gasteiger partial charge in [-0.1, -0.05) is 0 Å². The van der Waals surface area contributed by atoms with E-state index in [0.717, 1.165) is 5.57 Å². The van der Waals surface area contributed by atoms with Crippen molar-refractivity contribution < 1.29 is 26.6 Å². The van der Waals surface area contributed by atoms with Crippen LogP contribution in [0.5, 0.6) is 5.75 Å². The molecule has 2 heterocycles. The van der Waals surface area contributed by atoms with E-state index in [1.54, 1.807) is 18.3 Å². The number of imidazole rings is 1. The smallest absolute Gasteiger partial charge is 0.228 e. The number of benzene rings is 1. The molecular weight excluding hydrogens is 392 g/mol. The highest BCUT2D eigenvalue weighted by atomic mass is 32.3. The molecule has 1 aliphatic rings. The van der Waals surface area contributed by atoms with Crippen molar-refractivity contribution in [3.8, 4) is 5.75 Å². The van der Waals surface area contributed by atoms with Crippen LogP contribution in [0.25, 0.3) is 11.0 Å². The maximum atomic E-state index is 13.6. The topological polar surface area (TPSA) is 85.8 Å². The Kier molecular flexibility index (Phi) is 5.92. The van der Waals surface area contributed by atoms with Gasteiger partial charge in [-0.05, 0) is 37.6 Å².